The summed E-state index contributed by atoms with van der Waals surface area (Å²) in [7, 11) is 0. The Morgan fingerprint density at radius 2 is 1.17 bits per heavy atom. The zero-order valence-corrected chi connectivity index (χ0v) is 16.5. The zero-order valence-electron chi connectivity index (χ0n) is 16.5. The molecule has 0 saturated heterocycles. The highest BCUT2D eigenvalue weighted by Gasteiger charge is 2.21. The fourth-order valence-corrected chi connectivity index (χ4v) is 3.04. The average Bonchev–Trinajstić information content (AvgIpc) is 2.58. The predicted octanol–water partition coefficient (Wildman–Crippen LogP) is 6.38. The zero-order chi connectivity index (χ0) is 18.0. The van der Waals surface area contributed by atoms with Crippen LogP contribution in [0, 0.1) is 5.92 Å². The molecule has 0 bridgehead atoms. The first-order valence-electron chi connectivity index (χ1n) is 10.5. The van der Waals surface area contributed by atoms with Gasteiger partial charge in [0.2, 0.25) is 0 Å². The van der Waals surface area contributed by atoms with Crippen LogP contribution in [-0.2, 0) is 9.53 Å². The molecule has 0 aliphatic heterocycles. The third-order valence-electron chi connectivity index (χ3n) is 4.75. The molecule has 0 rings (SSSR count). The van der Waals surface area contributed by atoms with Gasteiger partial charge in [-0.15, -0.1) is 0 Å². The van der Waals surface area contributed by atoms with Gasteiger partial charge in [-0.2, -0.15) is 0 Å². The number of esters is 1. The maximum absolute atomic E-state index is 12.3. The highest BCUT2D eigenvalue weighted by atomic mass is 16.6. The van der Waals surface area contributed by atoms with E-state index in [1.54, 1.807) is 0 Å². The van der Waals surface area contributed by atoms with Gasteiger partial charge in [0.15, 0.2) is 6.29 Å². The fourth-order valence-electron chi connectivity index (χ4n) is 3.04. The van der Waals surface area contributed by atoms with Crippen LogP contribution in [0.15, 0.2) is 0 Å². The molecule has 0 aromatic rings. The lowest BCUT2D eigenvalue weighted by Gasteiger charge is -2.18. The number of unbranched alkanes of at least 4 members (excludes halogenated alkanes) is 10. The number of aliphatic hydroxyl groups excluding tert-OH is 1. The van der Waals surface area contributed by atoms with Crippen molar-refractivity contribution in [1.29, 1.82) is 0 Å². The first kappa shape index (κ1) is 23.4. The number of ether oxygens (including phenoxy) is 1. The summed E-state index contributed by atoms with van der Waals surface area (Å²) in [6.07, 6.45) is 16.3. The molecule has 3 heteroatoms. The van der Waals surface area contributed by atoms with Gasteiger partial charge in [0, 0.05) is 6.42 Å². The summed E-state index contributed by atoms with van der Waals surface area (Å²) in [6, 6.07) is 0. The Balaban J connectivity index is 4.06. The van der Waals surface area contributed by atoms with Crippen LogP contribution in [0.4, 0.5) is 0 Å². The first-order chi connectivity index (χ1) is 11.7. The number of rotatable bonds is 17. The molecule has 0 aromatic carbocycles. The topological polar surface area (TPSA) is 46.5 Å². The molecule has 0 saturated carbocycles. The number of aliphatic hydroxyl groups is 1. The standard InChI is InChI=1S/C21H42O3/c1-4-7-9-11-13-15-17-19(21(23)24-20(22)6-3)18-16-14-12-10-8-5-2/h19-20,22H,4-18H2,1-3H3. The lowest BCUT2D eigenvalue weighted by molar-refractivity contribution is -0.173. The summed E-state index contributed by atoms with van der Waals surface area (Å²) in [6.45, 7) is 6.28. The molecule has 3 nitrogen and oxygen atoms in total. The van der Waals surface area contributed by atoms with Crippen molar-refractivity contribution in [3.63, 3.8) is 0 Å². The molecule has 0 heterocycles. The van der Waals surface area contributed by atoms with Crippen molar-refractivity contribution in [3.8, 4) is 0 Å². The van der Waals surface area contributed by atoms with E-state index < -0.39 is 6.29 Å². The van der Waals surface area contributed by atoms with E-state index in [0.717, 1.165) is 25.7 Å². The van der Waals surface area contributed by atoms with Gasteiger partial charge in [0.25, 0.3) is 0 Å². The van der Waals surface area contributed by atoms with Gasteiger partial charge in [-0.3, -0.25) is 4.79 Å². The molecule has 1 N–H and O–H groups in total. The molecule has 0 fully saturated rings. The molecule has 0 spiro atoms. The van der Waals surface area contributed by atoms with E-state index in [4.69, 9.17) is 4.74 Å². The van der Waals surface area contributed by atoms with E-state index >= 15 is 0 Å². The minimum Gasteiger partial charge on any atom is -0.436 e. The molecule has 1 unspecified atom stereocenters. The maximum atomic E-state index is 12.3. The molecule has 0 radical (unpaired) electrons. The SMILES string of the molecule is CCCCCCCCC(CCCCCCCC)C(=O)OC(O)CC. The Morgan fingerprint density at radius 1 is 0.750 bits per heavy atom. The van der Waals surface area contributed by atoms with Gasteiger partial charge in [-0.05, 0) is 12.8 Å². The third-order valence-corrected chi connectivity index (χ3v) is 4.75. The van der Waals surface area contributed by atoms with E-state index in [9.17, 15) is 9.90 Å². The summed E-state index contributed by atoms with van der Waals surface area (Å²) in [4.78, 5) is 12.3. The predicted molar refractivity (Wildman–Crippen MR) is 102 cm³/mol. The lowest BCUT2D eigenvalue weighted by Crippen LogP contribution is -2.24. The van der Waals surface area contributed by atoms with Crippen molar-refractivity contribution >= 4 is 5.97 Å². The molecule has 0 aliphatic carbocycles. The molecule has 0 aliphatic rings. The van der Waals surface area contributed by atoms with Crippen molar-refractivity contribution < 1.29 is 14.6 Å². The van der Waals surface area contributed by atoms with Gasteiger partial charge >= 0.3 is 5.97 Å². The van der Waals surface area contributed by atoms with Crippen LogP contribution in [0.3, 0.4) is 0 Å². The van der Waals surface area contributed by atoms with Gasteiger partial charge in [-0.1, -0.05) is 97.8 Å². The van der Waals surface area contributed by atoms with Crippen LogP contribution in [0.25, 0.3) is 0 Å². The Morgan fingerprint density at radius 3 is 1.58 bits per heavy atom. The summed E-state index contributed by atoms with van der Waals surface area (Å²) < 4.78 is 5.17. The average molecular weight is 343 g/mol. The van der Waals surface area contributed by atoms with Crippen LogP contribution < -0.4 is 0 Å². The molecular weight excluding hydrogens is 300 g/mol. The summed E-state index contributed by atoms with van der Waals surface area (Å²) >= 11 is 0. The lowest BCUT2D eigenvalue weighted by atomic mass is 9.94. The maximum Gasteiger partial charge on any atom is 0.311 e. The van der Waals surface area contributed by atoms with E-state index in [1.165, 1.54) is 64.2 Å². The second kappa shape index (κ2) is 17.3. The fraction of sp³-hybridized carbons (Fsp3) is 0.952. The monoisotopic (exact) mass is 342 g/mol. The molecular formula is C21H42O3. The number of hydrogen-bond donors (Lipinski definition) is 1. The highest BCUT2D eigenvalue weighted by Crippen LogP contribution is 2.21. The van der Waals surface area contributed by atoms with Crippen LogP contribution in [-0.4, -0.2) is 17.4 Å². The van der Waals surface area contributed by atoms with E-state index in [2.05, 4.69) is 13.8 Å². The normalized spacial score (nSPS) is 12.5. The van der Waals surface area contributed by atoms with Crippen LogP contribution >= 0.6 is 0 Å². The van der Waals surface area contributed by atoms with Crippen molar-refractivity contribution in [3.05, 3.63) is 0 Å². The minimum absolute atomic E-state index is 0.0245. The molecule has 1 atom stereocenters. The number of carbonyl (C=O) groups is 1. The molecule has 144 valence electrons. The summed E-state index contributed by atoms with van der Waals surface area (Å²) in [5.41, 5.74) is 0. The van der Waals surface area contributed by atoms with Crippen LogP contribution in [0.2, 0.25) is 0 Å². The highest BCUT2D eigenvalue weighted by molar-refractivity contribution is 5.72. The smallest absolute Gasteiger partial charge is 0.311 e. The van der Waals surface area contributed by atoms with Crippen molar-refractivity contribution in [2.24, 2.45) is 5.92 Å². The quantitative estimate of drug-likeness (QED) is 0.190. The van der Waals surface area contributed by atoms with Crippen molar-refractivity contribution in [2.75, 3.05) is 0 Å². The largest absolute Gasteiger partial charge is 0.436 e. The molecule has 0 aromatic heterocycles. The van der Waals surface area contributed by atoms with Crippen LogP contribution in [0.5, 0.6) is 0 Å². The number of hydrogen-bond acceptors (Lipinski definition) is 3. The van der Waals surface area contributed by atoms with Crippen molar-refractivity contribution in [1.82, 2.24) is 0 Å². The Kier molecular flexibility index (Phi) is 16.8. The second-order valence-corrected chi connectivity index (χ2v) is 7.11. The van der Waals surface area contributed by atoms with Gasteiger partial charge in [0.05, 0.1) is 5.92 Å². The van der Waals surface area contributed by atoms with E-state index in [1.807, 2.05) is 6.92 Å². The van der Waals surface area contributed by atoms with Gasteiger partial charge < -0.3 is 9.84 Å². The second-order valence-electron chi connectivity index (χ2n) is 7.11. The van der Waals surface area contributed by atoms with E-state index in [-0.39, 0.29) is 11.9 Å². The van der Waals surface area contributed by atoms with E-state index in [0.29, 0.717) is 6.42 Å². The Labute approximate surface area is 150 Å². The van der Waals surface area contributed by atoms with Crippen molar-refractivity contribution in [2.45, 2.75) is 123 Å². The number of carbonyl (C=O) groups excluding carboxylic acids is 1. The summed E-state index contributed by atoms with van der Waals surface area (Å²) in [5, 5.41) is 9.57. The van der Waals surface area contributed by atoms with Crippen LogP contribution in [0.1, 0.15) is 117 Å². The third kappa shape index (κ3) is 13.8. The minimum atomic E-state index is -0.936. The Hall–Kier alpha value is -0.570. The van der Waals surface area contributed by atoms with Gasteiger partial charge in [0.1, 0.15) is 0 Å². The van der Waals surface area contributed by atoms with Gasteiger partial charge in [-0.25, -0.2) is 0 Å². The molecule has 0 amide bonds. The first-order valence-corrected chi connectivity index (χ1v) is 10.5. The summed E-state index contributed by atoms with van der Waals surface area (Å²) in [5.74, 6) is -0.213. The molecule has 24 heavy (non-hydrogen) atoms. The Bertz CT molecular complexity index is 262.